The van der Waals surface area contributed by atoms with Gasteiger partial charge in [-0.05, 0) is 43.3 Å². The van der Waals surface area contributed by atoms with Gasteiger partial charge < -0.3 is 20.2 Å². The maximum Gasteiger partial charge on any atom is 0.223 e. The molecule has 0 radical (unpaired) electrons. The molecule has 0 saturated heterocycles. The van der Waals surface area contributed by atoms with E-state index in [9.17, 15) is 4.79 Å². The Balaban J connectivity index is 1.66. The van der Waals surface area contributed by atoms with Gasteiger partial charge in [-0.2, -0.15) is 0 Å². The van der Waals surface area contributed by atoms with Gasteiger partial charge in [-0.3, -0.25) is 4.79 Å². The average molecular weight is 288 g/mol. The Hall–Kier alpha value is -2.43. The minimum Gasteiger partial charge on any atom is -0.493 e. The number of nitrogen functional groups attached to an aromatic ring is 1. The van der Waals surface area contributed by atoms with Crippen molar-refractivity contribution < 1.29 is 13.9 Å². The zero-order chi connectivity index (χ0) is 15.1. The maximum atomic E-state index is 11.8. The molecule has 1 aromatic heterocycles. The molecular formula is C16H20N2O3. The van der Waals surface area contributed by atoms with Gasteiger partial charge in [0, 0.05) is 18.2 Å². The lowest BCUT2D eigenvalue weighted by molar-refractivity contribution is -0.122. The fraction of sp³-hybridized carbons (Fsp3) is 0.312. The summed E-state index contributed by atoms with van der Waals surface area (Å²) in [5, 5.41) is 2.91. The molecule has 0 aliphatic rings. The maximum absolute atomic E-state index is 11.8. The predicted octanol–water partition coefficient (Wildman–Crippen LogP) is 2.38. The lowest BCUT2D eigenvalue weighted by Gasteiger charge is -2.13. The summed E-state index contributed by atoms with van der Waals surface area (Å²) < 4.78 is 10.7. The van der Waals surface area contributed by atoms with Crippen molar-refractivity contribution in [2.45, 2.75) is 25.8 Å². The van der Waals surface area contributed by atoms with Crippen LogP contribution in [0.25, 0.3) is 0 Å². The normalized spacial score (nSPS) is 11.9. The highest BCUT2D eigenvalue weighted by molar-refractivity contribution is 5.76. The van der Waals surface area contributed by atoms with Gasteiger partial charge >= 0.3 is 0 Å². The number of amides is 1. The van der Waals surface area contributed by atoms with Crippen LogP contribution in [0.3, 0.4) is 0 Å². The molecular weight excluding hydrogens is 268 g/mol. The number of benzene rings is 1. The van der Waals surface area contributed by atoms with Crippen molar-refractivity contribution >= 4 is 11.6 Å². The summed E-state index contributed by atoms with van der Waals surface area (Å²) in [5.41, 5.74) is 6.27. The van der Waals surface area contributed by atoms with Crippen LogP contribution in [0.15, 0.2) is 47.1 Å². The Morgan fingerprint density at radius 2 is 2.10 bits per heavy atom. The molecule has 5 nitrogen and oxygen atoms in total. The summed E-state index contributed by atoms with van der Waals surface area (Å²) in [6.07, 6.45) is 2.62. The second-order valence-corrected chi connectivity index (χ2v) is 4.92. The summed E-state index contributed by atoms with van der Waals surface area (Å²) in [6.45, 7) is 2.28. The minimum atomic E-state index is -0.0375. The van der Waals surface area contributed by atoms with Crippen LogP contribution in [0.2, 0.25) is 0 Å². The fourth-order valence-corrected chi connectivity index (χ4v) is 1.95. The third-order valence-corrected chi connectivity index (χ3v) is 2.97. The highest BCUT2D eigenvalue weighted by atomic mass is 16.5. The zero-order valence-corrected chi connectivity index (χ0v) is 12.0. The molecule has 1 unspecified atom stereocenters. The molecule has 2 aromatic rings. The first-order valence-electron chi connectivity index (χ1n) is 6.93. The molecule has 0 saturated carbocycles. The van der Waals surface area contributed by atoms with Gasteiger partial charge in [-0.1, -0.05) is 0 Å². The number of nitrogens with two attached hydrogens (primary N) is 1. The number of carbonyl (C=O) groups is 1. The van der Waals surface area contributed by atoms with E-state index in [0.29, 0.717) is 30.9 Å². The van der Waals surface area contributed by atoms with Crippen molar-refractivity contribution in [2.75, 3.05) is 12.3 Å². The van der Waals surface area contributed by atoms with E-state index >= 15 is 0 Å². The van der Waals surface area contributed by atoms with Gasteiger partial charge in [-0.25, -0.2) is 0 Å². The van der Waals surface area contributed by atoms with Crippen LogP contribution < -0.4 is 15.8 Å². The first-order chi connectivity index (χ1) is 10.1. The van der Waals surface area contributed by atoms with Crippen LogP contribution in [0.1, 0.15) is 19.1 Å². The number of hydrogen-bond donors (Lipinski definition) is 2. The molecule has 1 heterocycles. The highest BCUT2D eigenvalue weighted by Gasteiger charge is 2.09. The zero-order valence-electron chi connectivity index (χ0n) is 12.0. The first-order valence-corrected chi connectivity index (χ1v) is 6.93. The van der Waals surface area contributed by atoms with Gasteiger partial charge in [0.1, 0.15) is 11.5 Å². The Morgan fingerprint density at radius 3 is 2.76 bits per heavy atom. The number of rotatable bonds is 7. The molecule has 1 aromatic carbocycles. The predicted molar refractivity (Wildman–Crippen MR) is 81.0 cm³/mol. The SMILES string of the molecule is CC(Cc1ccco1)NC(=O)CCOc1ccc(N)cc1. The first kappa shape index (κ1) is 15.0. The highest BCUT2D eigenvalue weighted by Crippen LogP contribution is 2.13. The van der Waals surface area contributed by atoms with Gasteiger partial charge in [0.15, 0.2) is 0 Å². The summed E-state index contributed by atoms with van der Waals surface area (Å²) >= 11 is 0. The number of hydrogen-bond acceptors (Lipinski definition) is 4. The topological polar surface area (TPSA) is 77.5 Å². The van der Waals surface area contributed by atoms with E-state index in [1.54, 1.807) is 30.5 Å². The lowest BCUT2D eigenvalue weighted by atomic mass is 10.2. The lowest BCUT2D eigenvalue weighted by Crippen LogP contribution is -2.34. The van der Waals surface area contributed by atoms with E-state index in [1.807, 2.05) is 19.1 Å². The number of nitrogens with one attached hydrogen (secondary N) is 1. The molecule has 1 amide bonds. The number of carbonyl (C=O) groups excluding carboxylic acids is 1. The molecule has 3 N–H and O–H groups in total. The molecule has 21 heavy (non-hydrogen) atoms. The van der Waals surface area contributed by atoms with E-state index in [1.165, 1.54) is 0 Å². The average Bonchev–Trinajstić information content (AvgIpc) is 2.93. The fourth-order valence-electron chi connectivity index (χ4n) is 1.95. The second-order valence-electron chi connectivity index (χ2n) is 4.92. The largest absolute Gasteiger partial charge is 0.493 e. The summed E-state index contributed by atoms with van der Waals surface area (Å²) in [5.74, 6) is 1.53. The standard InChI is InChI=1S/C16H20N2O3/c1-12(11-15-3-2-9-20-15)18-16(19)8-10-21-14-6-4-13(17)5-7-14/h2-7,9,12H,8,10-11,17H2,1H3,(H,18,19). The molecule has 0 aliphatic carbocycles. The Morgan fingerprint density at radius 1 is 1.33 bits per heavy atom. The summed E-state index contributed by atoms with van der Waals surface area (Å²) in [6, 6.07) is 10.9. The molecule has 0 aliphatic heterocycles. The van der Waals surface area contributed by atoms with Crippen molar-refractivity contribution in [1.29, 1.82) is 0 Å². The molecule has 0 fully saturated rings. The van der Waals surface area contributed by atoms with Crippen LogP contribution in [0.5, 0.6) is 5.75 Å². The number of anilines is 1. The third-order valence-electron chi connectivity index (χ3n) is 2.97. The smallest absolute Gasteiger partial charge is 0.223 e. The molecule has 2 rings (SSSR count). The van der Waals surface area contributed by atoms with E-state index in [4.69, 9.17) is 14.9 Å². The third kappa shape index (κ3) is 5.22. The van der Waals surface area contributed by atoms with Gasteiger partial charge in [0.05, 0.1) is 19.3 Å². The van der Waals surface area contributed by atoms with Crippen molar-refractivity contribution in [3.8, 4) is 5.75 Å². The van der Waals surface area contributed by atoms with Gasteiger partial charge in [-0.15, -0.1) is 0 Å². The molecule has 112 valence electrons. The monoisotopic (exact) mass is 288 g/mol. The van der Waals surface area contributed by atoms with Crippen molar-refractivity contribution in [3.63, 3.8) is 0 Å². The van der Waals surface area contributed by atoms with E-state index in [-0.39, 0.29) is 11.9 Å². The van der Waals surface area contributed by atoms with Crippen molar-refractivity contribution in [1.82, 2.24) is 5.32 Å². The Kier molecular flexibility index (Phi) is 5.26. The van der Waals surface area contributed by atoms with Crippen LogP contribution >= 0.6 is 0 Å². The quantitative estimate of drug-likeness (QED) is 0.767. The van der Waals surface area contributed by atoms with E-state index in [2.05, 4.69) is 5.32 Å². The van der Waals surface area contributed by atoms with Gasteiger partial charge in [0.25, 0.3) is 0 Å². The molecule has 5 heteroatoms. The Labute approximate surface area is 124 Å². The Bertz CT molecular complexity index is 549. The summed E-state index contributed by atoms with van der Waals surface area (Å²) in [7, 11) is 0. The van der Waals surface area contributed by atoms with Crippen molar-refractivity contribution in [3.05, 3.63) is 48.4 Å². The number of furan rings is 1. The molecule has 0 bridgehead atoms. The van der Waals surface area contributed by atoms with Crippen molar-refractivity contribution in [2.24, 2.45) is 0 Å². The molecule has 1 atom stereocenters. The second kappa shape index (κ2) is 7.38. The van der Waals surface area contributed by atoms with E-state index in [0.717, 1.165) is 5.76 Å². The molecule has 0 spiro atoms. The van der Waals surface area contributed by atoms with Crippen LogP contribution in [-0.2, 0) is 11.2 Å². The van der Waals surface area contributed by atoms with E-state index < -0.39 is 0 Å². The van der Waals surface area contributed by atoms with Crippen LogP contribution in [0, 0.1) is 0 Å². The van der Waals surface area contributed by atoms with Crippen LogP contribution in [0.4, 0.5) is 5.69 Å². The number of ether oxygens (including phenoxy) is 1. The minimum absolute atomic E-state index is 0.0279. The van der Waals surface area contributed by atoms with Gasteiger partial charge in [0.2, 0.25) is 5.91 Å². The summed E-state index contributed by atoms with van der Waals surface area (Å²) in [4.78, 5) is 11.8. The van der Waals surface area contributed by atoms with Crippen LogP contribution in [-0.4, -0.2) is 18.6 Å².